The van der Waals surface area contributed by atoms with Gasteiger partial charge in [-0.3, -0.25) is 14.9 Å². The Morgan fingerprint density at radius 2 is 1.77 bits per heavy atom. The minimum atomic E-state index is -4.20. The summed E-state index contributed by atoms with van der Waals surface area (Å²) in [5.41, 5.74) is 0.243. The molecule has 1 fully saturated rings. The van der Waals surface area contributed by atoms with Gasteiger partial charge < -0.3 is 10.2 Å². The lowest BCUT2D eigenvalue weighted by atomic mass is 10.1. The molecule has 2 aromatic rings. The molecule has 0 bridgehead atoms. The van der Waals surface area contributed by atoms with E-state index in [1.807, 2.05) is 0 Å². The molecule has 30 heavy (non-hydrogen) atoms. The van der Waals surface area contributed by atoms with Crippen molar-refractivity contribution in [2.24, 2.45) is 0 Å². The number of amides is 1. The summed E-state index contributed by atoms with van der Waals surface area (Å²) in [5, 5.41) is 13.8. The Morgan fingerprint density at radius 1 is 1.10 bits per heavy atom. The number of rotatable bonds is 5. The second-order valence-electron chi connectivity index (χ2n) is 6.51. The summed E-state index contributed by atoms with van der Waals surface area (Å²) in [6.07, 6.45) is 0. The van der Waals surface area contributed by atoms with Crippen LogP contribution in [0.4, 0.5) is 20.2 Å². The quantitative estimate of drug-likeness (QED) is 0.563. The lowest BCUT2D eigenvalue weighted by Crippen LogP contribution is -2.50. The van der Waals surface area contributed by atoms with Gasteiger partial charge in [0.15, 0.2) is 0 Å². The van der Waals surface area contributed by atoms with Gasteiger partial charge in [0.1, 0.15) is 16.5 Å². The molecule has 3 rings (SSSR count). The van der Waals surface area contributed by atoms with Crippen LogP contribution in [0, 0.1) is 21.7 Å². The highest BCUT2D eigenvalue weighted by atomic mass is 32.2. The summed E-state index contributed by atoms with van der Waals surface area (Å²) in [4.78, 5) is 24.0. The topological polar surface area (TPSA) is 113 Å². The molecule has 1 aliphatic heterocycles. The number of carbonyl (C=O) groups excluding carboxylic acids is 1. The van der Waals surface area contributed by atoms with Crippen LogP contribution in [-0.4, -0.2) is 61.7 Å². The van der Waals surface area contributed by atoms with Crippen LogP contribution in [0.5, 0.6) is 0 Å². The number of nitrogens with zero attached hydrogens (tertiary/aromatic N) is 3. The van der Waals surface area contributed by atoms with E-state index in [1.165, 1.54) is 17.0 Å². The van der Waals surface area contributed by atoms with Gasteiger partial charge >= 0.3 is 0 Å². The van der Waals surface area contributed by atoms with Crippen molar-refractivity contribution in [3.8, 4) is 0 Å². The van der Waals surface area contributed by atoms with Crippen molar-refractivity contribution in [1.82, 2.24) is 9.21 Å². The van der Waals surface area contributed by atoms with Crippen molar-refractivity contribution >= 4 is 27.3 Å². The average molecular weight is 440 g/mol. The van der Waals surface area contributed by atoms with Crippen LogP contribution in [-0.2, 0) is 10.0 Å². The Labute approximate surface area is 171 Å². The molecule has 1 N–H and O–H groups in total. The number of halogens is 2. The van der Waals surface area contributed by atoms with Crippen molar-refractivity contribution in [2.75, 3.05) is 38.5 Å². The molecule has 0 atom stereocenters. The molecule has 1 heterocycles. The Bertz CT molecular complexity index is 1100. The van der Waals surface area contributed by atoms with E-state index in [0.717, 1.165) is 22.5 Å². The average Bonchev–Trinajstić information content (AvgIpc) is 2.72. The first-order valence-corrected chi connectivity index (χ1v) is 10.3. The van der Waals surface area contributed by atoms with Crippen molar-refractivity contribution in [3.63, 3.8) is 0 Å². The van der Waals surface area contributed by atoms with Gasteiger partial charge in [-0.2, -0.15) is 4.31 Å². The fraction of sp³-hybridized carbons (Fsp3) is 0.278. The normalized spacial score (nSPS) is 15.1. The zero-order chi connectivity index (χ0) is 22.1. The fourth-order valence-corrected chi connectivity index (χ4v) is 4.63. The van der Waals surface area contributed by atoms with Crippen molar-refractivity contribution in [3.05, 3.63) is 63.7 Å². The molecule has 1 aliphatic rings. The standard InChI is InChI=1S/C18H18F2N4O5S/c1-21-16-4-3-13(24(26)27)11-14(16)18(25)22-6-8-23(9-7-22)30(28,29)17-5-2-12(19)10-15(17)20/h2-5,10-11,21H,6-9H2,1H3. The smallest absolute Gasteiger partial charge is 0.270 e. The minimum absolute atomic E-state index is 0.00667. The van der Waals surface area contributed by atoms with E-state index in [9.17, 15) is 32.1 Å². The number of hydrogen-bond donors (Lipinski definition) is 1. The summed E-state index contributed by atoms with van der Waals surface area (Å²) in [6, 6.07) is 6.06. The Morgan fingerprint density at radius 3 is 2.33 bits per heavy atom. The Kier molecular flexibility index (Phi) is 5.99. The number of carbonyl (C=O) groups is 1. The summed E-state index contributed by atoms with van der Waals surface area (Å²) in [6.45, 7) is -0.192. The highest BCUT2D eigenvalue weighted by Gasteiger charge is 2.33. The van der Waals surface area contributed by atoms with Gasteiger partial charge in [-0.1, -0.05) is 0 Å². The first-order chi connectivity index (χ1) is 14.1. The predicted octanol–water partition coefficient (Wildman–Crippen LogP) is 2.06. The Hall–Kier alpha value is -3.12. The van der Waals surface area contributed by atoms with Crippen LogP contribution in [0.3, 0.4) is 0 Å². The van der Waals surface area contributed by atoms with E-state index < -0.39 is 37.4 Å². The van der Waals surface area contributed by atoms with E-state index in [1.54, 1.807) is 7.05 Å². The van der Waals surface area contributed by atoms with Gasteiger partial charge in [-0.05, 0) is 18.2 Å². The van der Waals surface area contributed by atoms with Crippen LogP contribution in [0.25, 0.3) is 0 Å². The van der Waals surface area contributed by atoms with Crippen LogP contribution in [0.15, 0.2) is 41.3 Å². The molecule has 0 radical (unpaired) electrons. The fourth-order valence-electron chi connectivity index (χ4n) is 3.17. The molecule has 0 aromatic heterocycles. The largest absolute Gasteiger partial charge is 0.387 e. The minimum Gasteiger partial charge on any atom is -0.387 e. The lowest BCUT2D eigenvalue weighted by Gasteiger charge is -2.34. The van der Waals surface area contributed by atoms with Gasteiger partial charge in [0.25, 0.3) is 11.6 Å². The maximum atomic E-state index is 13.9. The van der Waals surface area contributed by atoms with E-state index in [-0.39, 0.29) is 37.4 Å². The number of nitro benzene ring substituents is 1. The van der Waals surface area contributed by atoms with Gasteiger partial charge in [0, 0.05) is 57.1 Å². The second-order valence-corrected chi connectivity index (χ2v) is 8.41. The maximum absolute atomic E-state index is 13.9. The third-order valence-electron chi connectivity index (χ3n) is 4.75. The van der Waals surface area contributed by atoms with Crippen LogP contribution in [0.1, 0.15) is 10.4 Å². The number of piperazine rings is 1. The predicted molar refractivity (Wildman–Crippen MR) is 104 cm³/mol. The number of sulfonamides is 1. The van der Waals surface area contributed by atoms with Crippen molar-refractivity contribution < 1.29 is 26.9 Å². The van der Waals surface area contributed by atoms with E-state index in [4.69, 9.17) is 0 Å². The van der Waals surface area contributed by atoms with Crippen molar-refractivity contribution in [1.29, 1.82) is 0 Å². The molecule has 0 saturated carbocycles. The number of nitro groups is 1. The Balaban J connectivity index is 1.78. The summed E-state index contributed by atoms with van der Waals surface area (Å²) in [7, 11) is -2.63. The van der Waals surface area contributed by atoms with Crippen molar-refractivity contribution in [2.45, 2.75) is 4.90 Å². The number of hydrogen-bond acceptors (Lipinski definition) is 6. The highest BCUT2D eigenvalue weighted by Crippen LogP contribution is 2.25. The van der Waals surface area contributed by atoms with Gasteiger partial charge in [0.2, 0.25) is 10.0 Å². The highest BCUT2D eigenvalue weighted by molar-refractivity contribution is 7.89. The monoisotopic (exact) mass is 440 g/mol. The molecule has 1 saturated heterocycles. The molecule has 0 unspecified atom stereocenters. The van der Waals surface area contributed by atoms with E-state index in [0.29, 0.717) is 11.8 Å². The first-order valence-electron chi connectivity index (χ1n) is 8.86. The lowest BCUT2D eigenvalue weighted by molar-refractivity contribution is -0.384. The van der Waals surface area contributed by atoms with Gasteiger partial charge in [0.05, 0.1) is 10.5 Å². The number of benzene rings is 2. The summed E-state index contributed by atoms with van der Waals surface area (Å²) < 4.78 is 53.4. The summed E-state index contributed by atoms with van der Waals surface area (Å²) in [5.74, 6) is -2.57. The number of anilines is 1. The van der Waals surface area contributed by atoms with Gasteiger partial charge in [-0.25, -0.2) is 17.2 Å². The molecule has 1 amide bonds. The third kappa shape index (κ3) is 4.09. The van der Waals surface area contributed by atoms with Crippen LogP contribution in [0.2, 0.25) is 0 Å². The second kappa shape index (κ2) is 8.32. The molecule has 9 nitrogen and oxygen atoms in total. The molecule has 12 heteroatoms. The van der Waals surface area contributed by atoms with Gasteiger partial charge in [-0.15, -0.1) is 0 Å². The number of non-ortho nitro benzene ring substituents is 1. The SMILES string of the molecule is CNc1ccc([N+](=O)[O-])cc1C(=O)N1CCN(S(=O)(=O)c2ccc(F)cc2F)CC1. The van der Waals surface area contributed by atoms with Crippen LogP contribution >= 0.6 is 0 Å². The molecular formula is C18H18F2N4O5S. The maximum Gasteiger partial charge on any atom is 0.270 e. The summed E-state index contributed by atoms with van der Waals surface area (Å²) >= 11 is 0. The zero-order valence-corrected chi connectivity index (χ0v) is 16.7. The molecule has 2 aromatic carbocycles. The molecule has 0 aliphatic carbocycles. The number of nitrogens with one attached hydrogen (secondary N) is 1. The molecular weight excluding hydrogens is 422 g/mol. The van der Waals surface area contributed by atoms with E-state index in [2.05, 4.69) is 5.32 Å². The first kappa shape index (κ1) is 21.6. The van der Waals surface area contributed by atoms with Crippen LogP contribution < -0.4 is 5.32 Å². The zero-order valence-electron chi connectivity index (χ0n) is 15.8. The third-order valence-corrected chi connectivity index (χ3v) is 6.68. The molecule has 0 spiro atoms. The van der Waals surface area contributed by atoms with E-state index >= 15 is 0 Å². The molecule has 160 valence electrons.